The van der Waals surface area contributed by atoms with Gasteiger partial charge < -0.3 is 4.57 Å². The lowest BCUT2D eigenvalue weighted by Gasteiger charge is -2.16. The number of pyridine rings is 1. The topological polar surface area (TPSA) is 60.7 Å². The maximum Gasteiger partial charge on any atom is 0.191 e. The zero-order valence-corrected chi connectivity index (χ0v) is 16.9. The van der Waals surface area contributed by atoms with Crippen molar-refractivity contribution in [3.05, 3.63) is 59.4 Å². The summed E-state index contributed by atoms with van der Waals surface area (Å²) in [5, 5.41) is 9.51. The van der Waals surface area contributed by atoms with Crippen LogP contribution in [0.3, 0.4) is 0 Å². The number of aromatic nitrogens is 4. The van der Waals surface area contributed by atoms with Crippen molar-refractivity contribution in [2.24, 2.45) is 0 Å². The highest BCUT2D eigenvalue weighted by Gasteiger charge is 2.17. The molecule has 2 aromatic heterocycles. The summed E-state index contributed by atoms with van der Waals surface area (Å²) in [5.41, 5.74) is 4.55. The second kappa shape index (κ2) is 8.69. The van der Waals surface area contributed by atoms with Crippen molar-refractivity contribution in [1.82, 2.24) is 19.7 Å². The molecule has 0 saturated carbocycles. The van der Waals surface area contributed by atoms with Crippen molar-refractivity contribution in [3.8, 4) is 11.4 Å². The van der Waals surface area contributed by atoms with E-state index in [-0.39, 0.29) is 5.78 Å². The smallest absolute Gasteiger partial charge is 0.191 e. The lowest BCUT2D eigenvalue weighted by atomic mass is 9.90. The highest BCUT2D eigenvalue weighted by atomic mass is 32.2. The molecule has 0 aliphatic heterocycles. The summed E-state index contributed by atoms with van der Waals surface area (Å²) in [6.45, 7) is 2.95. The van der Waals surface area contributed by atoms with Gasteiger partial charge in [0.15, 0.2) is 16.8 Å². The number of carbonyl (C=O) groups excluding carboxylic acids is 1. The molecule has 0 radical (unpaired) electrons. The summed E-state index contributed by atoms with van der Waals surface area (Å²) in [6.07, 6.45) is 9.18. The molecule has 28 heavy (non-hydrogen) atoms. The van der Waals surface area contributed by atoms with Gasteiger partial charge in [-0.15, -0.1) is 10.2 Å². The molecule has 2 heterocycles. The summed E-state index contributed by atoms with van der Waals surface area (Å²) in [6, 6.07) is 10.1. The molecule has 3 aromatic rings. The molecule has 0 amide bonds. The molecule has 6 heteroatoms. The number of carbonyl (C=O) groups is 1. The van der Waals surface area contributed by atoms with Gasteiger partial charge in [0.1, 0.15) is 0 Å². The highest BCUT2D eigenvalue weighted by molar-refractivity contribution is 7.99. The molecule has 4 rings (SSSR count). The quantitative estimate of drug-likeness (QED) is 0.434. The Bertz CT molecular complexity index is 968. The van der Waals surface area contributed by atoms with Crippen molar-refractivity contribution in [3.63, 3.8) is 0 Å². The monoisotopic (exact) mass is 392 g/mol. The van der Waals surface area contributed by atoms with E-state index in [4.69, 9.17) is 0 Å². The lowest BCUT2D eigenvalue weighted by molar-refractivity contribution is 0.102. The number of aryl methyl sites for hydroxylation is 2. The fourth-order valence-corrected chi connectivity index (χ4v) is 4.51. The van der Waals surface area contributed by atoms with Crippen LogP contribution in [0.2, 0.25) is 0 Å². The van der Waals surface area contributed by atoms with Gasteiger partial charge in [-0.05, 0) is 61.4 Å². The zero-order chi connectivity index (χ0) is 19.3. The Morgan fingerprint density at radius 2 is 1.86 bits per heavy atom. The van der Waals surface area contributed by atoms with Crippen molar-refractivity contribution >= 4 is 17.5 Å². The molecule has 0 spiro atoms. The number of fused-ring (bicyclic) bond motifs is 1. The van der Waals surface area contributed by atoms with Crippen LogP contribution in [0.1, 0.15) is 47.7 Å². The van der Waals surface area contributed by atoms with Crippen LogP contribution in [0, 0.1) is 0 Å². The molecule has 0 unspecified atom stereocenters. The number of benzene rings is 1. The van der Waals surface area contributed by atoms with Crippen molar-refractivity contribution < 1.29 is 4.79 Å². The molecule has 0 bridgehead atoms. The van der Waals surface area contributed by atoms with Gasteiger partial charge in [0.2, 0.25) is 0 Å². The van der Waals surface area contributed by atoms with E-state index in [2.05, 4.69) is 38.8 Å². The molecule has 0 fully saturated rings. The lowest BCUT2D eigenvalue weighted by Crippen LogP contribution is -2.09. The van der Waals surface area contributed by atoms with Gasteiger partial charge in [-0.2, -0.15) is 0 Å². The van der Waals surface area contributed by atoms with Gasteiger partial charge in [-0.25, -0.2) is 0 Å². The molecule has 1 aromatic carbocycles. The molecule has 0 saturated heterocycles. The fraction of sp³-hybridized carbons (Fsp3) is 0.364. The van der Waals surface area contributed by atoms with Crippen LogP contribution >= 0.6 is 11.8 Å². The number of Topliss-reactive ketones (excluding diaryl/α,β-unsaturated/α-hetero) is 1. The molecule has 144 valence electrons. The van der Waals surface area contributed by atoms with Gasteiger partial charge in [-0.1, -0.05) is 30.8 Å². The predicted octanol–water partition coefficient (Wildman–Crippen LogP) is 4.60. The van der Waals surface area contributed by atoms with Crippen LogP contribution in [-0.4, -0.2) is 31.3 Å². The van der Waals surface area contributed by atoms with Crippen LogP contribution in [0.15, 0.2) is 47.9 Å². The van der Waals surface area contributed by atoms with Crippen LogP contribution in [0.25, 0.3) is 11.4 Å². The predicted molar refractivity (Wildman–Crippen MR) is 112 cm³/mol. The standard InChI is InChI=1S/C22H24N4OS/c1-2-13-26-21(17-9-11-23-12-10-17)24-25-22(26)28-15-20(27)19-8-7-16-5-3-4-6-18(16)14-19/h7-12,14H,2-6,13,15H2,1H3. The fourth-order valence-electron chi connectivity index (χ4n) is 3.66. The number of thioether (sulfide) groups is 1. The van der Waals surface area contributed by atoms with E-state index in [1.165, 1.54) is 35.7 Å². The first-order valence-corrected chi connectivity index (χ1v) is 10.9. The van der Waals surface area contributed by atoms with E-state index in [1.54, 1.807) is 12.4 Å². The summed E-state index contributed by atoms with van der Waals surface area (Å²) < 4.78 is 2.10. The summed E-state index contributed by atoms with van der Waals surface area (Å²) >= 11 is 1.47. The minimum absolute atomic E-state index is 0.148. The van der Waals surface area contributed by atoms with Crippen molar-refractivity contribution in [2.45, 2.75) is 50.7 Å². The third-order valence-electron chi connectivity index (χ3n) is 5.11. The first kappa shape index (κ1) is 18.9. The van der Waals surface area contributed by atoms with Crippen LogP contribution in [0.5, 0.6) is 0 Å². The first-order valence-electron chi connectivity index (χ1n) is 9.87. The number of hydrogen-bond acceptors (Lipinski definition) is 5. The average molecular weight is 393 g/mol. The van der Waals surface area contributed by atoms with Gasteiger partial charge in [0.05, 0.1) is 5.75 Å². The maximum absolute atomic E-state index is 12.8. The third-order valence-corrected chi connectivity index (χ3v) is 6.07. The zero-order valence-electron chi connectivity index (χ0n) is 16.1. The van der Waals surface area contributed by atoms with Crippen LogP contribution < -0.4 is 0 Å². The average Bonchev–Trinajstić information content (AvgIpc) is 3.15. The number of hydrogen-bond donors (Lipinski definition) is 0. The molecular weight excluding hydrogens is 368 g/mol. The largest absolute Gasteiger partial charge is 0.302 e. The van der Waals surface area contributed by atoms with Gasteiger partial charge in [-0.3, -0.25) is 9.78 Å². The van der Waals surface area contributed by atoms with E-state index < -0.39 is 0 Å². The molecule has 0 N–H and O–H groups in total. The third kappa shape index (κ3) is 4.02. The first-order chi connectivity index (χ1) is 13.8. The van der Waals surface area contributed by atoms with E-state index in [9.17, 15) is 4.79 Å². The SMILES string of the molecule is CCCn1c(SCC(=O)c2ccc3c(c2)CCCC3)nnc1-c1ccncc1. The van der Waals surface area contributed by atoms with E-state index in [0.717, 1.165) is 47.9 Å². The Hall–Kier alpha value is -2.47. The van der Waals surface area contributed by atoms with E-state index in [0.29, 0.717) is 5.75 Å². The second-order valence-electron chi connectivity index (χ2n) is 7.10. The maximum atomic E-state index is 12.8. The number of rotatable bonds is 7. The van der Waals surface area contributed by atoms with Gasteiger partial charge in [0.25, 0.3) is 0 Å². The Morgan fingerprint density at radius 1 is 1.07 bits per heavy atom. The van der Waals surface area contributed by atoms with E-state index >= 15 is 0 Å². The molecular formula is C22H24N4OS. The summed E-state index contributed by atoms with van der Waals surface area (Å²) in [4.78, 5) is 16.8. The second-order valence-corrected chi connectivity index (χ2v) is 8.04. The number of ketones is 1. The summed E-state index contributed by atoms with van der Waals surface area (Å²) in [7, 11) is 0. The molecule has 5 nitrogen and oxygen atoms in total. The minimum Gasteiger partial charge on any atom is -0.302 e. The normalized spacial score (nSPS) is 13.3. The minimum atomic E-state index is 0.148. The highest BCUT2D eigenvalue weighted by Crippen LogP contribution is 2.26. The Labute approximate surface area is 169 Å². The van der Waals surface area contributed by atoms with E-state index in [1.807, 2.05) is 18.2 Å². The molecule has 0 atom stereocenters. The molecule has 1 aliphatic rings. The molecule has 1 aliphatic carbocycles. The van der Waals surface area contributed by atoms with Gasteiger partial charge in [0, 0.05) is 30.1 Å². The van der Waals surface area contributed by atoms with Crippen LogP contribution in [0.4, 0.5) is 0 Å². The summed E-state index contributed by atoms with van der Waals surface area (Å²) in [5.74, 6) is 1.35. The number of nitrogens with zero attached hydrogens (tertiary/aromatic N) is 4. The van der Waals surface area contributed by atoms with Gasteiger partial charge >= 0.3 is 0 Å². The Balaban J connectivity index is 1.50. The van der Waals surface area contributed by atoms with Crippen molar-refractivity contribution in [2.75, 3.05) is 5.75 Å². The van der Waals surface area contributed by atoms with Crippen LogP contribution in [-0.2, 0) is 19.4 Å². The Morgan fingerprint density at radius 3 is 2.64 bits per heavy atom. The Kier molecular flexibility index (Phi) is 5.86. The van der Waals surface area contributed by atoms with Crippen molar-refractivity contribution in [1.29, 1.82) is 0 Å².